The summed E-state index contributed by atoms with van der Waals surface area (Å²) in [4.78, 5) is 2.59. The van der Waals surface area contributed by atoms with Gasteiger partial charge in [-0.15, -0.1) is 0 Å². The molecule has 0 aliphatic carbocycles. The van der Waals surface area contributed by atoms with E-state index in [1.165, 1.54) is 24.1 Å². The standard InChI is InChI=1S/C20H26N2O/c1-23-20-14-21-13-12-19(20)22(15-17-8-4-2-5-9-17)16-18-10-6-3-7-11-18/h2-11,19-21H,12-16H2,1H3/p+1. The highest BCUT2D eigenvalue weighted by Gasteiger charge is 2.32. The molecule has 0 amide bonds. The quantitative estimate of drug-likeness (QED) is 0.884. The first kappa shape index (κ1) is 16.2. The summed E-state index contributed by atoms with van der Waals surface area (Å²) in [6, 6.07) is 22.0. The van der Waals surface area contributed by atoms with E-state index in [9.17, 15) is 0 Å². The molecule has 0 saturated carbocycles. The van der Waals surface area contributed by atoms with Crippen molar-refractivity contribution in [3.8, 4) is 0 Å². The van der Waals surface area contributed by atoms with E-state index in [-0.39, 0.29) is 0 Å². The van der Waals surface area contributed by atoms with Crippen molar-refractivity contribution >= 4 is 0 Å². The molecular weight excluding hydrogens is 284 g/mol. The van der Waals surface area contributed by atoms with Crippen LogP contribution in [0.2, 0.25) is 0 Å². The second-order valence-electron chi connectivity index (χ2n) is 6.32. The van der Waals surface area contributed by atoms with Gasteiger partial charge in [-0.2, -0.15) is 0 Å². The molecule has 1 fully saturated rings. The molecule has 2 aromatic carbocycles. The maximum absolute atomic E-state index is 5.79. The van der Waals surface area contributed by atoms with Crippen LogP contribution in [0.25, 0.3) is 0 Å². The third kappa shape index (κ3) is 4.41. The van der Waals surface area contributed by atoms with E-state index in [4.69, 9.17) is 4.74 Å². The Kier molecular flexibility index (Phi) is 5.81. The summed E-state index contributed by atoms with van der Waals surface area (Å²) in [5, 5.41) is 2.37. The zero-order valence-corrected chi connectivity index (χ0v) is 13.9. The van der Waals surface area contributed by atoms with Crippen LogP contribution < -0.4 is 5.32 Å². The lowest BCUT2D eigenvalue weighted by Crippen LogP contribution is -2.90. The Hall–Kier alpha value is -1.68. The van der Waals surface area contributed by atoms with Crippen LogP contribution in [0.1, 0.15) is 17.5 Å². The second-order valence-corrected chi connectivity index (χ2v) is 6.32. The zero-order chi connectivity index (χ0) is 15.9. The number of nitrogens with zero attached hydrogens (tertiary/aromatic N) is 1. The Morgan fingerprint density at radius 3 is 2.04 bits per heavy atom. The van der Waals surface area contributed by atoms with Crippen LogP contribution in [0.3, 0.4) is 0 Å². The number of piperidine rings is 1. The van der Waals surface area contributed by atoms with Crippen LogP contribution in [-0.2, 0) is 17.8 Å². The highest BCUT2D eigenvalue weighted by molar-refractivity contribution is 5.17. The predicted molar refractivity (Wildman–Crippen MR) is 93.0 cm³/mol. The number of methoxy groups -OCH3 is 1. The van der Waals surface area contributed by atoms with Gasteiger partial charge in [-0.05, 0) is 11.1 Å². The first-order valence-corrected chi connectivity index (χ1v) is 8.53. The fraction of sp³-hybridized carbons (Fsp3) is 0.400. The van der Waals surface area contributed by atoms with Gasteiger partial charge < -0.3 is 10.1 Å². The van der Waals surface area contributed by atoms with Crippen molar-refractivity contribution in [2.75, 3.05) is 20.2 Å². The maximum atomic E-state index is 5.79. The first-order chi connectivity index (χ1) is 11.4. The SMILES string of the molecule is COC1C[NH2+]CCC1N(Cc1ccccc1)Cc1ccccc1. The summed E-state index contributed by atoms with van der Waals surface area (Å²) in [6.45, 7) is 4.19. The Bertz CT molecular complexity index is 531. The molecule has 122 valence electrons. The third-order valence-electron chi connectivity index (χ3n) is 4.72. The Labute approximate surface area is 139 Å². The average Bonchev–Trinajstić information content (AvgIpc) is 2.63. The van der Waals surface area contributed by atoms with Crippen LogP contribution >= 0.6 is 0 Å². The maximum Gasteiger partial charge on any atom is 0.121 e. The van der Waals surface area contributed by atoms with Crippen LogP contribution in [0, 0.1) is 0 Å². The molecule has 2 atom stereocenters. The largest absolute Gasteiger partial charge is 0.374 e. The monoisotopic (exact) mass is 311 g/mol. The van der Waals surface area contributed by atoms with E-state index in [2.05, 4.69) is 70.9 Å². The number of ether oxygens (including phenoxy) is 1. The molecule has 2 N–H and O–H groups in total. The van der Waals surface area contributed by atoms with Gasteiger partial charge in [0, 0.05) is 32.7 Å². The molecule has 1 saturated heterocycles. The normalized spacial score (nSPS) is 21.5. The molecule has 3 nitrogen and oxygen atoms in total. The number of quaternary nitrogens is 1. The number of hydrogen-bond donors (Lipinski definition) is 1. The minimum absolute atomic E-state index is 0.302. The van der Waals surface area contributed by atoms with E-state index in [1.807, 2.05) is 7.11 Å². The minimum Gasteiger partial charge on any atom is -0.374 e. The Morgan fingerprint density at radius 2 is 1.52 bits per heavy atom. The molecule has 0 spiro atoms. The predicted octanol–water partition coefficient (Wildman–Crippen LogP) is 2.04. The van der Waals surface area contributed by atoms with Gasteiger partial charge in [0.2, 0.25) is 0 Å². The first-order valence-electron chi connectivity index (χ1n) is 8.53. The third-order valence-corrected chi connectivity index (χ3v) is 4.72. The molecule has 0 radical (unpaired) electrons. The fourth-order valence-electron chi connectivity index (χ4n) is 3.51. The summed E-state index contributed by atoms with van der Waals surface area (Å²) in [5.41, 5.74) is 2.74. The van der Waals surface area contributed by atoms with Gasteiger partial charge in [0.05, 0.1) is 6.54 Å². The molecule has 0 aromatic heterocycles. The molecule has 1 aliphatic heterocycles. The average molecular weight is 311 g/mol. The molecule has 2 unspecified atom stereocenters. The van der Waals surface area contributed by atoms with Crippen molar-refractivity contribution in [1.29, 1.82) is 0 Å². The van der Waals surface area contributed by atoms with E-state index in [0.717, 1.165) is 19.6 Å². The topological polar surface area (TPSA) is 29.1 Å². The highest BCUT2D eigenvalue weighted by Crippen LogP contribution is 2.19. The summed E-state index contributed by atoms with van der Waals surface area (Å²) in [7, 11) is 1.85. The molecule has 2 aromatic rings. The molecule has 1 heterocycles. The molecule has 1 aliphatic rings. The van der Waals surface area contributed by atoms with Crippen molar-refractivity contribution in [1.82, 2.24) is 4.90 Å². The minimum atomic E-state index is 0.302. The van der Waals surface area contributed by atoms with E-state index in [1.54, 1.807) is 0 Å². The van der Waals surface area contributed by atoms with Crippen molar-refractivity contribution in [3.63, 3.8) is 0 Å². The van der Waals surface area contributed by atoms with Gasteiger partial charge in [0.1, 0.15) is 12.6 Å². The summed E-state index contributed by atoms with van der Waals surface area (Å²) in [5.74, 6) is 0. The van der Waals surface area contributed by atoms with Crippen molar-refractivity contribution in [2.45, 2.75) is 31.7 Å². The van der Waals surface area contributed by atoms with Crippen molar-refractivity contribution < 1.29 is 10.1 Å². The van der Waals surface area contributed by atoms with Crippen LogP contribution in [-0.4, -0.2) is 37.2 Å². The Morgan fingerprint density at radius 1 is 0.957 bits per heavy atom. The van der Waals surface area contributed by atoms with Crippen molar-refractivity contribution in [3.05, 3.63) is 71.8 Å². The van der Waals surface area contributed by atoms with Gasteiger partial charge in [-0.3, -0.25) is 4.90 Å². The lowest BCUT2D eigenvalue weighted by molar-refractivity contribution is -0.672. The summed E-state index contributed by atoms with van der Waals surface area (Å²) >= 11 is 0. The summed E-state index contributed by atoms with van der Waals surface area (Å²) < 4.78 is 5.79. The number of nitrogens with two attached hydrogens (primary N) is 1. The lowest BCUT2D eigenvalue weighted by atomic mass is 9.99. The van der Waals surface area contributed by atoms with Crippen LogP contribution in [0.5, 0.6) is 0 Å². The summed E-state index contributed by atoms with van der Waals surface area (Å²) in [6.07, 6.45) is 1.48. The lowest BCUT2D eigenvalue weighted by Gasteiger charge is -2.38. The van der Waals surface area contributed by atoms with Crippen LogP contribution in [0.4, 0.5) is 0 Å². The highest BCUT2D eigenvalue weighted by atomic mass is 16.5. The molecule has 3 heteroatoms. The fourth-order valence-corrected chi connectivity index (χ4v) is 3.51. The number of hydrogen-bond acceptors (Lipinski definition) is 2. The molecule has 23 heavy (non-hydrogen) atoms. The zero-order valence-electron chi connectivity index (χ0n) is 13.9. The van der Waals surface area contributed by atoms with E-state index in [0.29, 0.717) is 12.1 Å². The van der Waals surface area contributed by atoms with Crippen molar-refractivity contribution in [2.24, 2.45) is 0 Å². The van der Waals surface area contributed by atoms with Gasteiger partial charge in [0.15, 0.2) is 0 Å². The second kappa shape index (κ2) is 8.25. The van der Waals surface area contributed by atoms with Gasteiger partial charge in [-0.25, -0.2) is 0 Å². The number of benzene rings is 2. The van der Waals surface area contributed by atoms with Gasteiger partial charge in [0.25, 0.3) is 0 Å². The van der Waals surface area contributed by atoms with Gasteiger partial charge in [-0.1, -0.05) is 60.7 Å². The Balaban J connectivity index is 1.80. The molecule has 3 rings (SSSR count). The number of rotatable bonds is 6. The molecular formula is C20H27N2O+. The van der Waals surface area contributed by atoms with Crippen LogP contribution in [0.15, 0.2) is 60.7 Å². The smallest absolute Gasteiger partial charge is 0.121 e. The van der Waals surface area contributed by atoms with E-state index >= 15 is 0 Å². The molecule has 0 bridgehead atoms. The van der Waals surface area contributed by atoms with E-state index < -0.39 is 0 Å². The van der Waals surface area contributed by atoms with Gasteiger partial charge >= 0.3 is 0 Å².